The number of piperazine rings is 1. The summed E-state index contributed by atoms with van der Waals surface area (Å²) in [4.78, 5) is 15.1. The van der Waals surface area contributed by atoms with Crippen LogP contribution in [0.3, 0.4) is 0 Å². The number of nitrogens with one attached hydrogen (secondary N) is 1. The SMILES string of the molecule is CC(=O)N1N=C(c2cc(F)ccc2F)C[C@@]1(CCCN1CCNCC1)c1ccccc1. The van der Waals surface area contributed by atoms with Crippen molar-refractivity contribution in [3.05, 3.63) is 71.3 Å². The molecule has 5 nitrogen and oxygen atoms in total. The van der Waals surface area contributed by atoms with Gasteiger partial charge in [-0.25, -0.2) is 13.8 Å². The molecular weight excluding hydrogens is 398 g/mol. The van der Waals surface area contributed by atoms with Gasteiger partial charge in [0.25, 0.3) is 0 Å². The summed E-state index contributed by atoms with van der Waals surface area (Å²) in [6.07, 6.45) is 1.90. The maximum Gasteiger partial charge on any atom is 0.240 e. The van der Waals surface area contributed by atoms with Gasteiger partial charge in [0.2, 0.25) is 5.91 Å². The average Bonchev–Trinajstić information content (AvgIpc) is 3.18. The number of amides is 1. The zero-order valence-electron chi connectivity index (χ0n) is 17.8. The van der Waals surface area contributed by atoms with Gasteiger partial charge in [0, 0.05) is 45.1 Å². The molecule has 0 radical (unpaired) electrons. The van der Waals surface area contributed by atoms with Crippen LogP contribution in [-0.4, -0.2) is 54.3 Å². The van der Waals surface area contributed by atoms with E-state index in [2.05, 4.69) is 15.3 Å². The van der Waals surface area contributed by atoms with E-state index < -0.39 is 17.2 Å². The third kappa shape index (κ3) is 4.52. The Morgan fingerprint density at radius 2 is 1.87 bits per heavy atom. The highest BCUT2D eigenvalue weighted by Crippen LogP contribution is 2.43. The first-order valence-corrected chi connectivity index (χ1v) is 10.8. The molecule has 1 atom stereocenters. The summed E-state index contributed by atoms with van der Waals surface area (Å²) in [5.74, 6) is -1.27. The second-order valence-corrected chi connectivity index (χ2v) is 8.27. The second-order valence-electron chi connectivity index (χ2n) is 8.27. The van der Waals surface area contributed by atoms with Crippen LogP contribution in [-0.2, 0) is 10.3 Å². The molecule has 1 N–H and O–H groups in total. The van der Waals surface area contributed by atoms with Gasteiger partial charge in [-0.1, -0.05) is 30.3 Å². The Balaban J connectivity index is 1.66. The maximum atomic E-state index is 14.5. The normalized spacial score (nSPS) is 21.9. The van der Waals surface area contributed by atoms with Gasteiger partial charge < -0.3 is 10.2 Å². The summed E-state index contributed by atoms with van der Waals surface area (Å²) in [5, 5.41) is 9.37. The molecule has 4 rings (SSSR count). The summed E-state index contributed by atoms with van der Waals surface area (Å²) < 4.78 is 28.4. The lowest BCUT2D eigenvalue weighted by atomic mass is 9.80. The van der Waals surface area contributed by atoms with Crippen molar-refractivity contribution in [2.45, 2.75) is 31.7 Å². The molecule has 1 saturated heterocycles. The molecule has 2 heterocycles. The molecule has 31 heavy (non-hydrogen) atoms. The lowest BCUT2D eigenvalue weighted by molar-refractivity contribution is -0.135. The minimum absolute atomic E-state index is 0.117. The summed E-state index contributed by atoms with van der Waals surface area (Å²) in [7, 11) is 0. The van der Waals surface area contributed by atoms with Crippen LogP contribution in [0.5, 0.6) is 0 Å². The number of hydrogen-bond donors (Lipinski definition) is 1. The van der Waals surface area contributed by atoms with Gasteiger partial charge in [0.15, 0.2) is 0 Å². The van der Waals surface area contributed by atoms with Crippen LogP contribution in [0.2, 0.25) is 0 Å². The number of nitrogens with zero attached hydrogens (tertiary/aromatic N) is 3. The molecule has 0 spiro atoms. The molecule has 0 aromatic heterocycles. The minimum atomic E-state index is -0.713. The first-order chi connectivity index (χ1) is 15.0. The standard InChI is InChI=1S/C24H28F2N4O/c1-18(31)30-24(19-6-3-2-4-7-19,10-5-13-29-14-11-27-12-15-29)17-23(28-30)21-16-20(25)8-9-22(21)26/h2-4,6-9,16,27H,5,10-15,17H2,1H3/t24-/m0/s1. The monoisotopic (exact) mass is 426 g/mol. The van der Waals surface area contributed by atoms with Gasteiger partial charge >= 0.3 is 0 Å². The Kier molecular flexibility index (Phi) is 6.43. The molecule has 2 aromatic rings. The van der Waals surface area contributed by atoms with Crippen LogP contribution in [0.1, 0.15) is 37.3 Å². The molecule has 2 aliphatic heterocycles. The van der Waals surface area contributed by atoms with E-state index in [1.54, 1.807) is 0 Å². The number of hydrazone groups is 1. The number of benzene rings is 2. The molecule has 2 aliphatic rings. The first-order valence-electron chi connectivity index (χ1n) is 10.8. The third-order valence-corrected chi connectivity index (χ3v) is 6.21. The summed E-state index contributed by atoms with van der Waals surface area (Å²) in [5.41, 5.74) is 0.764. The highest BCUT2D eigenvalue weighted by Gasteiger charge is 2.46. The van der Waals surface area contributed by atoms with Crippen molar-refractivity contribution in [3.63, 3.8) is 0 Å². The van der Waals surface area contributed by atoms with Crippen molar-refractivity contribution < 1.29 is 13.6 Å². The van der Waals surface area contributed by atoms with E-state index in [1.165, 1.54) is 11.9 Å². The number of carbonyl (C=O) groups excluding carboxylic acids is 1. The molecule has 164 valence electrons. The maximum absolute atomic E-state index is 14.5. The van der Waals surface area contributed by atoms with Crippen molar-refractivity contribution in [3.8, 4) is 0 Å². The van der Waals surface area contributed by atoms with E-state index in [0.717, 1.165) is 62.9 Å². The van der Waals surface area contributed by atoms with Crippen molar-refractivity contribution >= 4 is 11.6 Å². The number of rotatable bonds is 6. The molecular formula is C24H28F2N4O. The van der Waals surface area contributed by atoms with Gasteiger partial charge in [-0.15, -0.1) is 0 Å². The fourth-order valence-corrected chi connectivity index (χ4v) is 4.68. The van der Waals surface area contributed by atoms with Crippen LogP contribution in [0, 0.1) is 11.6 Å². The van der Waals surface area contributed by atoms with Crippen molar-refractivity contribution in [2.75, 3.05) is 32.7 Å². The van der Waals surface area contributed by atoms with E-state index in [1.807, 2.05) is 30.3 Å². The van der Waals surface area contributed by atoms with Crippen LogP contribution in [0.25, 0.3) is 0 Å². The Morgan fingerprint density at radius 3 is 2.58 bits per heavy atom. The topological polar surface area (TPSA) is 47.9 Å². The lowest BCUT2D eigenvalue weighted by Gasteiger charge is -2.37. The van der Waals surface area contributed by atoms with E-state index >= 15 is 0 Å². The fraction of sp³-hybridized carbons (Fsp3) is 0.417. The van der Waals surface area contributed by atoms with E-state index in [9.17, 15) is 13.6 Å². The largest absolute Gasteiger partial charge is 0.314 e. The minimum Gasteiger partial charge on any atom is -0.314 e. The summed E-state index contributed by atoms with van der Waals surface area (Å²) in [6.45, 7) is 6.37. The first kappa shape index (κ1) is 21.6. The van der Waals surface area contributed by atoms with Gasteiger partial charge in [-0.3, -0.25) is 4.79 Å². The van der Waals surface area contributed by atoms with E-state index in [-0.39, 0.29) is 11.5 Å². The summed E-state index contributed by atoms with van der Waals surface area (Å²) >= 11 is 0. The molecule has 1 amide bonds. The second kappa shape index (κ2) is 9.24. The van der Waals surface area contributed by atoms with Crippen molar-refractivity contribution in [1.29, 1.82) is 0 Å². The van der Waals surface area contributed by atoms with E-state index in [4.69, 9.17) is 0 Å². The van der Waals surface area contributed by atoms with Gasteiger partial charge in [-0.2, -0.15) is 5.10 Å². The predicted octanol–water partition coefficient (Wildman–Crippen LogP) is 3.50. The Hall–Kier alpha value is -2.64. The van der Waals surface area contributed by atoms with Crippen LogP contribution < -0.4 is 5.32 Å². The third-order valence-electron chi connectivity index (χ3n) is 6.21. The molecule has 0 aliphatic carbocycles. The van der Waals surface area contributed by atoms with Crippen LogP contribution >= 0.6 is 0 Å². The van der Waals surface area contributed by atoms with Gasteiger partial charge in [-0.05, 0) is 43.1 Å². The number of halogens is 2. The van der Waals surface area contributed by atoms with Crippen molar-refractivity contribution in [1.82, 2.24) is 15.2 Å². The predicted molar refractivity (Wildman–Crippen MR) is 117 cm³/mol. The zero-order chi connectivity index (χ0) is 21.8. The molecule has 1 fully saturated rings. The molecule has 0 saturated carbocycles. The van der Waals surface area contributed by atoms with Gasteiger partial charge in [0.05, 0.1) is 11.3 Å². The van der Waals surface area contributed by atoms with Gasteiger partial charge in [0.1, 0.15) is 11.6 Å². The quantitative estimate of drug-likeness (QED) is 0.769. The van der Waals surface area contributed by atoms with Crippen LogP contribution in [0.4, 0.5) is 8.78 Å². The Bertz CT molecular complexity index is 959. The number of hydrogen-bond acceptors (Lipinski definition) is 4. The lowest BCUT2D eigenvalue weighted by Crippen LogP contribution is -2.45. The Labute approximate surface area is 181 Å². The molecule has 0 unspecified atom stereocenters. The molecule has 2 aromatic carbocycles. The highest BCUT2D eigenvalue weighted by molar-refractivity contribution is 6.03. The molecule has 0 bridgehead atoms. The Morgan fingerprint density at radius 1 is 1.13 bits per heavy atom. The van der Waals surface area contributed by atoms with Crippen LogP contribution in [0.15, 0.2) is 53.6 Å². The smallest absolute Gasteiger partial charge is 0.240 e. The summed E-state index contributed by atoms with van der Waals surface area (Å²) in [6, 6.07) is 13.1. The highest BCUT2D eigenvalue weighted by atomic mass is 19.1. The van der Waals surface area contributed by atoms with E-state index in [0.29, 0.717) is 18.6 Å². The average molecular weight is 427 g/mol. The fourth-order valence-electron chi connectivity index (χ4n) is 4.68. The number of carbonyl (C=O) groups is 1. The van der Waals surface area contributed by atoms with Crippen molar-refractivity contribution in [2.24, 2.45) is 5.10 Å². The zero-order valence-corrected chi connectivity index (χ0v) is 17.8. The molecule has 7 heteroatoms.